The van der Waals surface area contributed by atoms with E-state index in [9.17, 15) is 0 Å². The van der Waals surface area contributed by atoms with Crippen LogP contribution in [-0.4, -0.2) is 20.2 Å². The van der Waals surface area contributed by atoms with Gasteiger partial charge in [0, 0.05) is 22.0 Å². The van der Waals surface area contributed by atoms with Gasteiger partial charge in [0.05, 0.1) is 5.69 Å². The predicted octanol–water partition coefficient (Wildman–Crippen LogP) is 2.90. The first kappa shape index (κ1) is 12.8. The summed E-state index contributed by atoms with van der Waals surface area (Å²) in [6.07, 6.45) is 2.69. The third kappa shape index (κ3) is 2.85. The molecule has 2 aromatic heterocycles. The highest BCUT2D eigenvalue weighted by Gasteiger charge is 2.01. The Morgan fingerprint density at radius 2 is 2.10 bits per heavy atom. The van der Waals surface area contributed by atoms with Crippen LogP contribution in [0, 0.1) is 0 Å². The lowest BCUT2D eigenvalue weighted by Crippen LogP contribution is -2.00. The molecule has 0 saturated heterocycles. The van der Waals surface area contributed by atoms with Gasteiger partial charge in [-0.05, 0) is 47.2 Å². The summed E-state index contributed by atoms with van der Waals surface area (Å²) in [6.45, 7) is 3.02. The van der Waals surface area contributed by atoms with Crippen molar-refractivity contribution in [1.82, 2.24) is 20.2 Å². The second kappa shape index (κ2) is 5.83. The van der Waals surface area contributed by atoms with Gasteiger partial charge < -0.3 is 5.32 Å². The lowest BCUT2D eigenvalue weighted by Gasteiger charge is -2.06. The van der Waals surface area contributed by atoms with Crippen molar-refractivity contribution in [3.05, 3.63) is 52.5 Å². The largest absolute Gasteiger partial charge is 0.380 e. The van der Waals surface area contributed by atoms with Crippen molar-refractivity contribution in [2.75, 3.05) is 5.32 Å². The van der Waals surface area contributed by atoms with Crippen molar-refractivity contribution in [1.29, 1.82) is 0 Å². The summed E-state index contributed by atoms with van der Waals surface area (Å²) in [4.78, 5) is 2.76. The highest BCUT2D eigenvalue weighted by Crippen LogP contribution is 2.19. The summed E-state index contributed by atoms with van der Waals surface area (Å²) in [7, 11) is 0. The average Bonchev–Trinajstić information content (AvgIpc) is 3.17. The Labute approximate surface area is 121 Å². The summed E-state index contributed by atoms with van der Waals surface area (Å²) in [5.41, 5.74) is 2.00. The Balaban J connectivity index is 1.70. The summed E-state index contributed by atoms with van der Waals surface area (Å²) in [6, 6.07) is 12.4. The quantitative estimate of drug-likeness (QED) is 0.783. The van der Waals surface area contributed by atoms with Crippen molar-refractivity contribution in [3.63, 3.8) is 0 Å². The Bertz CT molecular complexity index is 674. The van der Waals surface area contributed by atoms with E-state index < -0.39 is 0 Å². The van der Waals surface area contributed by atoms with Crippen molar-refractivity contribution in [2.45, 2.75) is 19.9 Å². The number of nitrogens with one attached hydrogen (secondary N) is 1. The molecule has 3 aromatic rings. The van der Waals surface area contributed by atoms with E-state index >= 15 is 0 Å². The highest BCUT2D eigenvalue weighted by atomic mass is 32.1. The second-order valence-electron chi connectivity index (χ2n) is 4.38. The highest BCUT2D eigenvalue weighted by molar-refractivity contribution is 7.12. The van der Waals surface area contributed by atoms with E-state index in [0.29, 0.717) is 0 Å². The van der Waals surface area contributed by atoms with E-state index in [1.807, 2.05) is 35.6 Å². The van der Waals surface area contributed by atoms with Gasteiger partial charge in [0.15, 0.2) is 0 Å². The number of anilines is 1. The minimum absolute atomic E-state index is 0.837. The van der Waals surface area contributed by atoms with Gasteiger partial charge in [-0.2, -0.15) is 0 Å². The summed E-state index contributed by atoms with van der Waals surface area (Å²) >= 11 is 1.85. The number of tetrazole rings is 1. The molecule has 0 unspecified atom stereocenters. The lowest BCUT2D eigenvalue weighted by molar-refractivity contribution is 0.789. The molecule has 1 N–H and O–H groups in total. The summed E-state index contributed by atoms with van der Waals surface area (Å²) in [5, 5.41) is 14.6. The van der Waals surface area contributed by atoms with E-state index in [1.165, 1.54) is 9.75 Å². The molecular formula is C14H15N5S. The Morgan fingerprint density at radius 1 is 1.20 bits per heavy atom. The molecular weight excluding hydrogens is 270 g/mol. The van der Waals surface area contributed by atoms with E-state index in [1.54, 1.807) is 11.0 Å². The number of hydrogen-bond acceptors (Lipinski definition) is 5. The van der Waals surface area contributed by atoms with Crippen molar-refractivity contribution in [2.24, 2.45) is 0 Å². The predicted molar refractivity (Wildman–Crippen MR) is 80.2 cm³/mol. The molecule has 0 fully saturated rings. The van der Waals surface area contributed by atoms with Crippen LogP contribution in [0.25, 0.3) is 5.69 Å². The van der Waals surface area contributed by atoms with Gasteiger partial charge in [-0.1, -0.05) is 13.0 Å². The van der Waals surface area contributed by atoms with Crippen LogP contribution in [0.5, 0.6) is 0 Å². The molecule has 0 aliphatic carbocycles. The zero-order valence-electron chi connectivity index (χ0n) is 11.2. The number of thiophene rings is 1. The molecule has 0 aliphatic heterocycles. The number of benzene rings is 1. The number of aromatic nitrogens is 4. The van der Waals surface area contributed by atoms with Gasteiger partial charge >= 0.3 is 0 Å². The standard InChI is InChI=1S/C14H15N5S/c1-2-13-6-7-14(20-13)9-15-11-4-3-5-12(8-11)19-10-16-17-18-19/h3-8,10,15H,2,9H2,1H3. The maximum Gasteiger partial charge on any atom is 0.143 e. The first-order valence-electron chi connectivity index (χ1n) is 6.50. The molecule has 2 heterocycles. The number of hydrogen-bond donors (Lipinski definition) is 1. The molecule has 0 amide bonds. The van der Waals surface area contributed by atoms with E-state index in [0.717, 1.165) is 24.3 Å². The third-order valence-electron chi connectivity index (χ3n) is 2.99. The molecule has 3 rings (SSSR count). The molecule has 0 spiro atoms. The van der Waals surface area contributed by atoms with Crippen LogP contribution in [0.15, 0.2) is 42.7 Å². The summed E-state index contributed by atoms with van der Waals surface area (Å²) < 4.78 is 1.64. The minimum atomic E-state index is 0.837. The van der Waals surface area contributed by atoms with Crippen LogP contribution >= 0.6 is 11.3 Å². The van der Waals surface area contributed by atoms with Gasteiger partial charge in [-0.25, -0.2) is 4.68 Å². The zero-order valence-corrected chi connectivity index (χ0v) is 12.0. The van der Waals surface area contributed by atoms with Gasteiger partial charge in [0.25, 0.3) is 0 Å². The van der Waals surface area contributed by atoms with Crippen molar-refractivity contribution in [3.8, 4) is 5.69 Å². The monoisotopic (exact) mass is 285 g/mol. The average molecular weight is 285 g/mol. The fraction of sp³-hybridized carbons (Fsp3) is 0.214. The first-order chi connectivity index (χ1) is 9.85. The molecule has 0 radical (unpaired) electrons. The van der Waals surface area contributed by atoms with Crippen molar-refractivity contribution >= 4 is 17.0 Å². The normalized spacial score (nSPS) is 10.7. The van der Waals surface area contributed by atoms with Crippen LogP contribution < -0.4 is 5.32 Å². The van der Waals surface area contributed by atoms with Crippen LogP contribution in [0.2, 0.25) is 0 Å². The molecule has 0 saturated carbocycles. The number of aryl methyl sites for hydroxylation is 1. The third-order valence-corrected chi connectivity index (χ3v) is 4.22. The minimum Gasteiger partial charge on any atom is -0.380 e. The molecule has 102 valence electrons. The lowest BCUT2D eigenvalue weighted by atomic mass is 10.2. The Kier molecular flexibility index (Phi) is 3.73. The Hall–Kier alpha value is -2.21. The van der Waals surface area contributed by atoms with E-state index in [2.05, 4.69) is 39.9 Å². The molecule has 0 atom stereocenters. The summed E-state index contributed by atoms with van der Waals surface area (Å²) in [5.74, 6) is 0. The smallest absolute Gasteiger partial charge is 0.143 e. The zero-order chi connectivity index (χ0) is 13.8. The fourth-order valence-corrected chi connectivity index (χ4v) is 2.83. The molecule has 0 bridgehead atoms. The first-order valence-corrected chi connectivity index (χ1v) is 7.31. The number of rotatable bonds is 5. The SMILES string of the molecule is CCc1ccc(CNc2cccc(-n3cnnn3)c2)s1. The van der Waals surface area contributed by atoms with Gasteiger partial charge in [-0.15, -0.1) is 16.4 Å². The Morgan fingerprint density at radius 3 is 2.85 bits per heavy atom. The van der Waals surface area contributed by atoms with Gasteiger partial charge in [0.2, 0.25) is 0 Å². The van der Waals surface area contributed by atoms with E-state index in [4.69, 9.17) is 0 Å². The van der Waals surface area contributed by atoms with E-state index in [-0.39, 0.29) is 0 Å². The molecule has 6 heteroatoms. The van der Waals surface area contributed by atoms with Crippen LogP contribution in [-0.2, 0) is 13.0 Å². The van der Waals surface area contributed by atoms with Crippen LogP contribution in [0.3, 0.4) is 0 Å². The fourth-order valence-electron chi connectivity index (χ4n) is 1.93. The number of nitrogens with zero attached hydrogens (tertiary/aromatic N) is 4. The van der Waals surface area contributed by atoms with Crippen molar-refractivity contribution < 1.29 is 0 Å². The van der Waals surface area contributed by atoms with Crippen LogP contribution in [0.1, 0.15) is 16.7 Å². The maximum absolute atomic E-state index is 3.89. The van der Waals surface area contributed by atoms with Crippen LogP contribution in [0.4, 0.5) is 5.69 Å². The molecule has 0 aliphatic rings. The van der Waals surface area contributed by atoms with Gasteiger partial charge in [-0.3, -0.25) is 0 Å². The maximum atomic E-state index is 3.89. The van der Waals surface area contributed by atoms with Gasteiger partial charge in [0.1, 0.15) is 6.33 Å². The molecule has 20 heavy (non-hydrogen) atoms. The second-order valence-corrected chi connectivity index (χ2v) is 5.63. The molecule has 1 aromatic carbocycles. The molecule has 5 nitrogen and oxygen atoms in total. The topological polar surface area (TPSA) is 55.6 Å².